The van der Waals surface area contributed by atoms with Crippen LogP contribution < -0.4 is 0 Å². The number of hydrogen-bond acceptors (Lipinski definition) is 3. The van der Waals surface area contributed by atoms with Crippen LogP contribution in [0.5, 0.6) is 0 Å². The Bertz CT molecular complexity index is 422. The summed E-state index contributed by atoms with van der Waals surface area (Å²) in [6.45, 7) is 0. The average molecular weight is 229 g/mol. The van der Waals surface area contributed by atoms with Crippen LogP contribution in [0.1, 0.15) is 36.0 Å². The van der Waals surface area contributed by atoms with Crippen LogP contribution in [0, 0.1) is 17.2 Å². The van der Waals surface area contributed by atoms with Gasteiger partial charge in [0, 0.05) is 12.3 Å². The molecule has 1 aliphatic rings. The topological polar surface area (TPSA) is 50.1 Å². The van der Waals surface area contributed by atoms with Gasteiger partial charge in [-0.15, -0.1) is 0 Å². The van der Waals surface area contributed by atoms with E-state index in [4.69, 9.17) is 10.00 Å². The number of nitrogens with zero attached hydrogens (tertiary/aromatic N) is 1. The number of ether oxygens (including phenoxy) is 1. The summed E-state index contributed by atoms with van der Waals surface area (Å²) in [6.07, 6.45) is 3.34. The van der Waals surface area contributed by atoms with Gasteiger partial charge < -0.3 is 4.74 Å². The van der Waals surface area contributed by atoms with Gasteiger partial charge in [-0.2, -0.15) is 5.26 Å². The third-order valence-corrected chi connectivity index (χ3v) is 3.09. The molecule has 0 radical (unpaired) electrons. The van der Waals surface area contributed by atoms with Gasteiger partial charge in [0.05, 0.1) is 11.6 Å². The molecule has 0 aliphatic heterocycles. The highest BCUT2D eigenvalue weighted by Crippen LogP contribution is 2.26. The van der Waals surface area contributed by atoms with Gasteiger partial charge in [-0.1, -0.05) is 18.2 Å². The van der Waals surface area contributed by atoms with Gasteiger partial charge in [-0.05, 0) is 31.4 Å². The molecule has 1 fully saturated rings. The maximum Gasteiger partial charge on any atom is 0.338 e. The highest BCUT2D eigenvalue weighted by Gasteiger charge is 2.24. The summed E-state index contributed by atoms with van der Waals surface area (Å²) in [5.41, 5.74) is 0.576. The van der Waals surface area contributed by atoms with Gasteiger partial charge in [-0.3, -0.25) is 0 Å². The first-order valence-electron chi connectivity index (χ1n) is 5.95. The second kappa shape index (κ2) is 5.49. The summed E-state index contributed by atoms with van der Waals surface area (Å²) in [4.78, 5) is 11.8. The van der Waals surface area contributed by atoms with E-state index in [9.17, 15) is 4.79 Å². The number of nitriles is 1. The molecule has 0 amide bonds. The SMILES string of the molecule is N#C[C@H]1CCC[C@@H](OC(=O)c2ccccc2)C1. The van der Waals surface area contributed by atoms with Crippen molar-refractivity contribution in [2.45, 2.75) is 31.8 Å². The minimum atomic E-state index is -0.283. The first-order valence-corrected chi connectivity index (χ1v) is 5.95. The molecule has 2 atom stereocenters. The van der Waals surface area contributed by atoms with Crippen LogP contribution in [0.4, 0.5) is 0 Å². The zero-order chi connectivity index (χ0) is 12.1. The Morgan fingerprint density at radius 3 is 2.76 bits per heavy atom. The fourth-order valence-corrected chi connectivity index (χ4v) is 2.16. The van der Waals surface area contributed by atoms with Crippen molar-refractivity contribution >= 4 is 5.97 Å². The summed E-state index contributed by atoms with van der Waals surface area (Å²) < 4.78 is 5.42. The first kappa shape index (κ1) is 11.7. The monoisotopic (exact) mass is 229 g/mol. The van der Waals surface area contributed by atoms with Crippen LogP contribution in [0.25, 0.3) is 0 Å². The molecule has 0 aromatic heterocycles. The van der Waals surface area contributed by atoms with Gasteiger partial charge in [0.2, 0.25) is 0 Å². The molecule has 0 saturated heterocycles. The van der Waals surface area contributed by atoms with Gasteiger partial charge >= 0.3 is 5.97 Å². The van der Waals surface area contributed by atoms with E-state index in [2.05, 4.69) is 6.07 Å². The molecular weight excluding hydrogens is 214 g/mol. The quantitative estimate of drug-likeness (QED) is 0.732. The van der Waals surface area contributed by atoms with Gasteiger partial charge in [-0.25, -0.2) is 4.79 Å². The van der Waals surface area contributed by atoms with E-state index in [0.717, 1.165) is 19.3 Å². The average Bonchev–Trinajstić information content (AvgIpc) is 2.40. The van der Waals surface area contributed by atoms with E-state index in [1.165, 1.54) is 0 Å². The van der Waals surface area contributed by atoms with E-state index in [1.807, 2.05) is 18.2 Å². The molecule has 88 valence electrons. The number of rotatable bonds is 2. The van der Waals surface area contributed by atoms with Crippen LogP contribution in [0.2, 0.25) is 0 Å². The van der Waals surface area contributed by atoms with Crippen molar-refractivity contribution in [2.24, 2.45) is 5.92 Å². The zero-order valence-electron chi connectivity index (χ0n) is 9.63. The third kappa shape index (κ3) is 3.07. The molecule has 2 rings (SSSR count). The van der Waals surface area contributed by atoms with Crippen LogP contribution >= 0.6 is 0 Å². The molecule has 3 nitrogen and oxygen atoms in total. The molecule has 1 aliphatic carbocycles. The van der Waals surface area contributed by atoms with Crippen LogP contribution in [-0.2, 0) is 4.74 Å². The Labute approximate surface area is 101 Å². The second-order valence-corrected chi connectivity index (χ2v) is 4.39. The lowest BCUT2D eigenvalue weighted by Crippen LogP contribution is -2.25. The summed E-state index contributed by atoms with van der Waals surface area (Å²) in [5, 5.41) is 8.87. The molecule has 1 aromatic rings. The molecule has 0 spiro atoms. The Kier molecular flexibility index (Phi) is 3.77. The number of carbonyl (C=O) groups is 1. The van der Waals surface area contributed by atoms with Crippen molar-refractivity contribution < 1.29 is 9.53 Å². The van der Waals surface area contributed by atoms with Crippen LogP contribution in [-0.4, -0.2) is 12.1 Å². The molecule has 1 aromatic carbocycles. The highest BCUT2D eigenvalue weighted by molar-refractivity contribution is 5.89. The van der Waals surface area contributed by atoms with Crippen LogP contribution in [0.3, 0.4) is 0 Å². The predicted octanol–water partition coefficient (Wildman–Crippen LogP) is 2.93. The van der Waals surface area contributed by atoms with Crippen molar-refractivity contribution in [1.29, 1.82) is 5.26 Å². The fraction of sp³-hybridized carbons (Fsp3) is 0.429. The smallest absolute Gasteiger partial charge is 0.338 e. The van der Waals surface area contributed by atoms with Crippen molar-refractivity contribution in [1.82, 2.24) is 0 Å². The molecule has 1 saturated carbocycles. The van der Waals surface area contributed by atoms with Gasteiger partial charge in [0.25, 0.3) is 0 Å². The van der Waals surface area contributed by atoms with Gasteiger partial charge in [0.1, 0.15) is 6.10 Å². The Balaban J connectivity index is 1.93. The van der Waals surface area contributed by atoms with Crippen LogP contribution in [0.15, 0.2) is 30.3 Å². The fourth-order valence-electron chi connectivity index (χ4n) is 2.16. The maximum absolute atomic E-state index is 11.8. The number of benzene rings is 1. The van der Waals surface area contributed by atoms with E-state index in [0.29, 0.717) is 12.0 Å². The first-order chi connectivity index (χ1) is 8.29. The number of esters is 1. The second-order valence-electron chi connectivity index (χ2n) is 4.39. The molecular formula is C14H15NO2. The molecule has 17 heavy (non-hydrogen) atoms. The number of carbonyl (C=O) groups excluding carboxylic acids is 1. The lowest BCUT2D eigenvalue weighted by molar-refractivity contribution is 0.0175. The van der Waals surface area contributed by atoms with E-state index in [1.54, 1.807) is 12.1 Å². The summed E-state index contributed by atoms with van der Waals surface area (Å²) in [5.74, 6) is -0.244. The van der Waals surface area contributed by atoms with Crippen molar-refractivity contribution in [3.63, 3.8) is 0 Å². The Hall–Kier alpha value is -1.82. The Morgan fingerprint density at radius 1 is 1.29 bits per heavy atom. The van der Waals surface area contributed by atoms with Crippen molar-refractivity contribution in [2.75, 3.05) is 0 Å². The van der Waals surface area contributed by atoms with Crippen molar-refractivity contribution in [3.05, 3.63) is 35.9 Å². The van der Waals surface area contributed by atoms with E-state index >= 15 is 0 Å². The highest BCUT2D eigenvalue weighted by atomic mass is 16.5. The largest absolute Gasteiger partial charge is 0.459 e. The van der Waals surface area contributed by atoms with E-state index < -0.39 is 0 Å². The summed E-state index contributed by atoms with van der Waals surface area (Å²) in [6, 6.07) is 11.2. The predicted molar refractivity (Wildman–Crippen MR) is 63.2 cm³/mol. The normalized spacial score (nSPS) is 23.7. The molecule has 0 unspecified atom stereocenters. The van der Waals surface area contributed by atoms with Crippen molar-refractivity contribution in [3.8, 4) is 6.07 Å². The summed E-state index contributed by atoms with van der Waals surface area (Å²) >= 11 is 0. The Morgan fingerprint density at radius 2 is 2.06 bits per heavy atom. The molecule has 0 N–H and O–H groups in total. The lowest BCUT2D eigenvalue weighted by Gasteiger charge is -2.25. The zero-order valence-corrected chi connectivity index (χ0v) is 9.63. The molecule has 0 bridgehead atoms. The minimum absolute atomic E-state index is 0.0392. The standard InChI is InChI=1S/C14H15NO2/c15-10-11-5-4-8-13(9-11)17-14(16)12-6-2-1-3-7-12/h1-3,6-7,11,13H,4-5,8-9H2/t11-,13+/m0/s1. The minimum Gasteiger partial charge on any atom is -0.459 e. The van der Waals surface area contributed by atoms with Gasteiger partial charge in [0.15, 0.2) is 0 Å². The van der Waals surface area contributed by atoms with E-state index in [-0.39, 0.29) is 18.0 Å². The number of hydrogen-bond donors (Lipinski definition) is 0. The third-order valence-electron chi connectivity index (χ3n) is 3.09. The lowest BCUT2D eigenvalue weighted by atomic mass is 9.88. The molecule has 3 heteroatoms. The summed E-state index contributed by atoms with van der Waals surface area (Å²) in [7, 11) is 0. The molecule has 0 heterocycles. The maximum atomic E-state index is 11.8.